The number of amides is 1. The Hall–Kier alpha value is -1.95. The average Bonchev–Trinajstić information content (AvgIpc) is 2.72. The molecule has 3 N–H and O–H groups in total. The number of ether oxygens (including phenoxy) is 1. The number of allylic oxidation sites excluding steroid dienone is 2. The number of nitrogens with two attached hydrogens (primary N) is 1. The van der Waals surface area contributed by atoms with Crippen molar-refractivity contribution in [2.45, 2.75) is 116 Å². The van der Waals surface area contributed by atoms with E-state index in [2.05, 4.69) is 25.7 Å². The van der Waals surface area contributed by atoms with Crippen LogP contribution in [0.5, 0.6) is 0 Å². The molecule has 0 aromatic carbocycles. The van der Waals surface area contributed by atoms with Crippen molar-refractivity contribution in [1.82, 2.24) is 0 Å². The number of unbranched alkanes of at least 4 members (excludes halogenated alkanes) is 6. The molecule has 0 saturated heterocycles. The minimum absolute atomic E-state index is 0.0235. The highest BCUT2D eigenvalue weighted by Crippen LogP contribution is 2.27. The number of primary amides is 1. The van der Waals surface area contributed by atoms with Crippen molar-refractivity contribution in [3.63, 3.8) is 0 Å². The Kier molecular flexibility index (Phi) is 16.5. The number of aliphatic hydroxyl groups excluding tert-OH is 1. The Morgan fingerprint density at radius 1 is 1.06 bits per heavy atom. The maximum atomic E-state index is 12.1. The van der Waals surface area contributed by atoms with E-state index in [1.165, 1.54) is 19.8 Å². The molecule has 0 aromatic rings. The molecule has 6 heteroatoms. The fourth-order valence-electron chi connectivity index (χ4n) is 3.72. The minimum Gasteiger partial charge on any atom is -0.446 e. The predicted octanol–water partition coefficient (Wildman–Crippen LogP) is 5.17. The second-order valence-electron chi connectivity index (χ2n) is 8.98. The Morgan fingerprint density at radius 3 is 2.28 bits per heavy atom. The van der Waals surface area contributed by atoms with Crippen LogP contribution in [0.4, 0.5) is 0 Å². The summed E-state index contributed by atoms with van der Waals surface area (Å²) >= 11 is 0. The van der Waals surface area contributed by atoms with E-state index in [1.54, 1.807) is 6.92 Å². The number of rotatable bonds is 20. The molecular formula is C26H45NO5. The Balaban J connectivity index is 4.29. The number of carbonyl (C=O) groups excluding carboxylic acids is 3. The largest absolute Gasteiger partial charge is 0.446 e. The molecule has 3 unspecified atom stereocenters. The van der Waals surface area contributed by atoms with Gasteiger partial charge in [-0.2, -0.15) is 0 Å². The normalized spacial score (nSPS) is 15.1. The van der Waals surface area contributed by atoms with Crippen LogP contribution in [0.2, 0.25) is 0 Å². The van der Waals surface area contributed by atoms with Crippen LogP contribution in [0, 0.1) is 5.92 Å². The lowest BCUT2D eigenvalue weighted by Gasteiger charge is -2.31. The van der Waals surface area contributed by atoms with Gasteiger partial charge in [0.1, 0.15) is 6.29 Å². The lowest BCUT2D eigenvalue weighted by molar-refractivity contribution is -0.168. The molecular weight excluding hydrogens is 406 g/mol. The maximum Gasteiger partial charge on any atom is 0.334 e. The average molecular weight is 452 g/mol. The summed E-state index contributed by atoms with van der Waals surface area (Å²) in [6.07, 6.45) is 15.7. The zero-order valence-corrected chi connectivity index (χ0v) is 20.4. The number of carbonyl (C=O) groups is 3. The lowest BCUT2D eigenvalue weighted by Crippen LogP contribution is -2.49. The summed E-state index contributed by atoms with van der Waals surface area (Å²) in [6.45, 7) is 8.77. The first kappa shape index (κ1) is 30.0. The van der Waals surface area contributed by atoms with E-state index in [1.807, 2.05) is 0 Å². The molecule has 6 nitrogen and oxygen atoms in total. The summed E-state index contributed by atoms with van der Waals surface area (Å²) in [5.41, 5.74) is 4.24. The molecule has 0 spiro atoms. The van der Waals surface area contributed by atoms with E-state index in [9.17, 15) is 19.5 Å². The van der Waals surface area contributed by atoms with E-state index < -0.39 is 23.6 Å². The third-order valence-electron chi connectivity index (χ3n) is 5.65. The van der Waals surface area contributed by atoms with Gasteiger partial charge in [0.25, 0.3) is 5.91 Å². The van der Waals surface area contributed by atoms with Crippen LogP contribution >= 0.6 is 0 Å². The second kappa shape index (κ2) is 17.6. The number of esters is 1. The molecule has 0 aromatic heterocycles. The number of hydrogen-bond donors (Lipinski definition) is 2. The number of hydrogen-bond acceptors (Lipinski definition) is 5. The monoisotopic (exact) mass is 451 g/mol. The fraction of sp³-hybridized carbons (Fsp3) is 0.731. The smallest absolute Gasteiger partial charge is 0.334 e. The Morgan fingerprint density at radius 2 is 1.72 bits per heavy atom. The van der Waals surface area contributed by atoms with E-state index in [4.69, 9.17) is 10.5 Å². The third-order valence-corrected chi connectivity index (χ3v) is 5.65. The van der Waals surface area contributed by atoms with E-state index >= 15 is 0 Å². The first-order chi connectivity index (χ1) is 15.2. The van der Waals surface area contributed by atoms with E-state index in [0.29, 0.717) is 6.42 Å². The Bertz CT molecular complexity index is 599. The summed E-state index contributed by atoms with van der Waals surface area (Å²) < 4.78 is 5.39. The van der Waals surface area contributed by atoms with Gasteiger partial charge in [-0.3, -0.25) is 4.79 Å². The van der Waals surface area contributed by atoms with E-state index in [0.717, 1.165) is 57.7 Å². The molecule has 0 aliphatic heterocycles. The zero-order valence-electron chi connectivity index (χ0n) is 20.4. The van der Waals surface area contributed by atoms with Crippen LogP contribution in [0.3, 0.4) is 0 Å². The van der Waals surface area contributed by atoms with Crippen LogP contribution in [0.25, 0.3) is 0 Å². The topological polar surface area (TPSA) is 107 Å². The molecule has 0 bridgehead atoms. The van der Waals surface area contributed by atoms with Crippen molar-refractivity contribution in [1.29, 1.82) is 0 Å². The molecule has 184 valence electrons. The van der Waals surface area contributed by atoms with Crippen molar-refractivity contribution < 1.29 is 24.2 Å². The van der Waals surface area contributed by atoms with Crippen LogP contribution in [-0.4, -0.2) is 35.0 Å². The quantitative estimate of drug-likeness (QED) is 0.0872. The summed E-state index contributed by atoms with van der Waals surface area (Å²) in [4.78, 5) is 35.2. The van der Waals surface area contributed by atoms with Gasteiger partial charge in [0, 0.05) is 17.9 Å². The highest BCUT2D eigenvalue weighted by Gasteiger charge is 2.41. The summed E-state index contributed by atoms with van der Waals surface area (Å²) in [7, 11) is 0. The molecule has 0 radical (unpaired) electrons. The second-order valence-corrected chi connectivity index (χ2v) is 8.98. The molecule has 32 heavy (non-hydrogen) atoms. The van der Waals surface area contributed by atoms with Crippen molar-refractivity contribution in [3.05, 3.63) is 24.3 Å². The van der Waals surface area contributed by atoms with Crippen LogP contribution in [0.1, 0.15) is 104 Å². The molecule has 0 rings (SSSR count). The number of aldehydes is 1. The molecule has 0 saturated carbocycles. The Labute approximate surface area is 194 Å². The summed E-state index contributed by atoms with van der Waals surface area (Å²) in [5.74, 6) is -1.23. The number of aliphatic hydroxyl groups is 1. The zero-order chi connectivity index (χ0) is 24.4. The molecule has 0 aliphatic rings. The van der Waals surface area contributed by atoms with Gasteiger partial charge in [-0.25, -0.2) is 4.79 Å². The third kappa shape index (κ3) is 13.5. The summed E-state index contributed by atoms with van der Waals surface area (Å²) in [6, 6.07) is 0. The van der Waals surface area contributed by atoms with Gasteiger partial charge in [0.05, 0.1) is 6.10 Å². The minimum atomic E-state index is -1.50. The first-order valence-electron chi connectivity index (χ1n) is 12.2. The first-order valence-corrected chi connectivity index (χ1v) is 12.2. The van der Waals surface area contributed by atoms with Gasteiger partial charge in [0.15, 0.2) is 5.60 Å². The van der Waals surface area contributed by atoms with Gasteiger partial charge < -0.3 is 20.4 Å². The van der Waals surface area contributed by atoms with E-state index in [-0.39, 0.29) is 24.3 Å². The lowest BCUT2D eigenvalue weighted by atomic mass is 9.89. The maximum absolute atomic E-state index is 12.1. The highest BCUT2D eigenvalue weighted by molar-refractivity contribution is 5.92. The van der Waals surface area contributed by atoms with Gasteiger partial charge in [0.2, 0.25) is 0 Å². The SMILES string of the molecule is C=C(C)C(=O)OC(CCCCCCC=CCCC(C=O)CCCCC)(CC(C)O)C(N)=O. The fourth-order valence-corrected chi connectivity index (χ4v) is 3.72. The van der Waals surface area contributed by atoms with Crippen LogP contribution < -0.4 is 5.73 Å². The van der Waals surface area contributed by atoms with Crippen molar-refractivity contribution >= 4 is 18.2 Å². The van der Waals surface area contributed by atoms with Crippen molar-refractivity contribution in [2.75, 3.05) is 0 Å². The summed E-state index contributed by atoms with van der Waals surface area (Å²) in [5, 5.41) is 9.79. The van der Waals surface area contributed by atoms with Gasteiger partial charge in [-0.05, 0) is 58.8 Å². The van der Waals surface area contributed by atoms with Crippen molar-refractivity contribution in [3.8, 4) is 0 Å². The van der Waals surface area contributed by atoms with Crippen LogP contribution in [0.15, 0.2) is 24.3 Å². The van der Waals surface area contributed by atoms with Crippen molar-refractivity contribution in [2.24, 2.45) is 11.7 Å². The van der Waals surface area contributed by atoms with Crippen LogP contribution in [-0.2, 0) is 19.1 Å². The molecule has 0 heterocycles. The van der Waals surface area contributed by atoms with Gasteiger partial charge in [-0.15, -0.1) is 0 Å². The molecule has 1 amide bonds. The van der Waals surface area contributed by atoms with Gasteiger partial charge >= 0.3 is 5.97 Å². The predicted molar refractivity (Wildman–Crippen MR) is 129 cm³/mol. The standard InChI is InChI=1S/C26H45NO5/c1-5-6-13-16-23(20-28)17-14-11-9-7-8-10-12-15-18-26(25(27)31,19-22(4)29)32-24(30)21(2)3/h9,11,20,22-23,29H,2,5-8,10,12-19H2,1,3-4H3,(H2,27,31). The molecule has 3 atom stereocenters. The van der Waals surface area contributed by atoms with Gasteiger partial charge in [-0.1, -0.05) is 57.8 Å². The molecule has 0 aliphatic carbocycles. The molecule has 0 fully saturated rings. The highest BCUT2D eigenvalue weighted by atomic mass is 16.6.